The summed E-state index contributed by atoms with van der Waals surface area (Å²) < 4.78 is 11.0. The maximum atomic E-state index is 5.67. The molecule has 1 aromatic carbocycles. The highest BCUT2D eigenvalue weighted by Crippen LogP contribution is 2.32. The first-order valence-corrected chi connectivity index (χ1v) is 7.45. The molecule has 0 fully saturated rings. The molecule has 1 aliphatic heterocycles. The molecule has 0 aromatic heterocycles. The van der Waals surface area contributed by atoms with Crippen LogP contribution in [0.3, 0.4) is 0 Å². The summed E-state index contributed by atoms with van der Waals surface area (Å²) in [7, 11) is 0. The molecule has 3 rings (SSSR count). The van der Waals surface area contributed by atoms with Gasteiger partial charge in [0.05, 0.1) is 13.2 Å². The maximum absolute atomic E-state index is 5.67. The Bertz CT molecular complexity index is 445. The number of aryl methyl sites for hydroxylation is 1. The van der Waals surface area contributed by atoms with Crippen molar-refractivity contribution in [3.05, 3.63) is 28.8 Å². The molecular formula is C16H23NO2. The summed E-state index contributed by atoms with van der Waals surface area (Å²) in [5, 5.41) is 3.60. The van der Waals surface area contributed by atoms with Gasteiger partial charge in [0.25, 0.3) is 0 Å². The van der Waals surface area contributed by atoms with Gasteiger partial charge in [-0.3, -0.25) is 0 Å². The molecule has 2 aliphatic rings. The third kappa shape index (κ3) is 2.93. The summed E-state index contributed by atoms with van der Waals surface area (Å²) in [6.07, 6.45) is 4.63. The van der Waals surface area contributed by atoms with Crippen molar-refractivity contribution in [2.75, 3.05) is 26.4 Å². The Morgan fingerprint density at radius 1 is 1.26 bits per heavy atom. The third-order valence-corrected chi connectivity index (χ3v) is 4.12. The van der Waals surface area contributed by atoms with Gasteiger partial charge in [0.15, 0.2) is 0 Å². The van der Waals surface area contributed by atoms with Crippen LogP contribution in [0.1, 0.15) is 30.0 Å². The molecule has 104 valence electrons. The highest BCUT2D eigenvalue weighted by atomic mass is 16.5. The molecule has 1 aromatic rings. The monoisotopic (exact) mass is 261 g/mol. The zero-order chi connectivity index (χ0) is 13.1. The van der Waals surface area contributed by atoms with Crippen molar-refractivity contribution in [1.29, 1.82) is 0 Å². The Kier molecular flexibility index (Phi) is 4.04. The predicted molar refractivity (Wildman–Crippen MR) is 75.9 cm³/mol. The quantitative estimate of drug-likeness (QED) is 0.823. The fourth-order valence-electron chi connectivity index (χ4n) is 3.09. The summed E-state index contributed by atoms with van der Waals surface area (Å²) in [6.45, 7) is 5.47. The van der Waals surface area contributed by atoms with Gasteiger partial charge >= 0.3 is 0 Å². The fraction of sp³-hybridized carbons (Fsp3) is 0.625. The average Bonchev–Trinajstić information content (AvgIpc) is 2.88. The van der Waals surface area contributed by atoms with Crippen LogP contribution in [0, 0.1) is 0 Å². The Balaban J connectivity index is 1.60. The van der Waals surface area contributed by atoms with Gasteiger partial charge in [0.1, 0.15) is 5.75 Å². The van der Waals surface area contributed by atoms with Crippen molar-refractivity contribution >= 4 is 0 Å². The average molecular weight is 261 g/mol. The van der Waals surface area contributed by atoms with Gasteiger partial charge in [-0.15, -0.1) is 0 Å². The Morgan fingerprint density at radius 2 is 2.21 bits per heavy atom. The fourth-order valence-corrected chi connectivity index (χ4v) is 3.09. The van der Waals surface area contributed by atoms with Crippen LogP contribution in [0.15, 0.2) is 12.1 Å². The van der Waals surface area contributed by atoms with E-state index in [2.05, 4.69) is 17.4 Å². The molecule has 0 radical (unpaired) electrons. The summed E-state index contributed by atoms with van der Waals surface area (Å²) in [4.78, 5) is 0. The number of fused-ring (bicyclic) bond motifs is 2. The number of nitrogens with one attached hydrogen (secondary N) is 1. The normalized spacial score (nSPS) is 20.8. The number of benzene rings is 1. The summed E-state index contributed by atoms with van der Waals surface area (Å²) in [6, 6.07) is 5.23. The van der Waals surface area contributed by atoms with E-state index in [-0.39, 0.29) is 0 Å². The molecule has 0 saturated carbocycles. The minimum Gasteiger partial charge on any atom is -0.493 e. The standard InChI is InChI=1S/C16H23NO2/c1-2-18-8-6-17-15-4-3-12-9-13-5-7-19-16(13)11-14(12)10-15/h9,11,15,17H,2-8,10H2,1H3. The molecule has 0 spiro atoms. The van der Waals surface area contributed by atoms with E-state index in [0.717, 1.165) is 45.0 Å². The second kappa shape index (κ2) is 5.93. The van der Waals surface area contributed by atoms with Gasteiger partial charge in [-0.05, 0) is 48.9 Å². The van der Waals surface area contributed by atoms with E-state index in [1.54, 1.807) is 0 Å². The van der Waals surface area contributed by atoms with Gasteiger partial charge in [-0.25, -0.2) is 0 Å². The van der Waals surface area contributed by atoms with Crippen molar-refractivity contribution < 1.29 is 9.47 Å². The van der Waals surface area contributed by atoms with Crippen LogP contribution >= 0.6 is 0 Å². The Hall–Kier alpha value is -1.06. The minimum absolute atomic E-state index is 0.590. The van der Waals surface area contributed by atoms with E-state index in [9.17, 15) is 0 Å². The lowest BCUT2D eigenvalue weighted by molar-refractivity contribution is 0.146. The zero-order valence-electron chi connectivity index (χ0n) is 11.7. The molecule has 1 aliphatic carbocycles. The van der Waals surface area contributed by atoms with Crippen LogP contribution in [0.4, 0.5) is 0 Å². The zero-order valence-corrected chi connectivity index (χ0v) is 11.7. The van der Waals surface area contributed by atoms with E-state index in [4.69, 9.17) is 9.47 Å². The van der Waals surface area contributed by atoms with Crippen LogP contribution in [0.2, 0.25) is 0 Å². The lowest BCUT2D eigenvalue weighted by atomic mass is 9.87. The molecule has 1 heterocycles. The highest BCUT2D eigenvalue weighted by Gasteiger charge is 2.22. The first kappa shape index (κ1) is 12.9. The molecule has 3 heteroatoms. The number of ether oxygens (including phenoxy) is 2. The Labute approximate surface area is 115 Å². The van der Waals surface area contributed by atoms with Gasteiger partial charge in [-0.2, -0.15) is 0 Å². The third-order valence-electron chi connectivity index (χ3n) is 4.12. The first-order chi connectivity index (χ1) is 9.36. The van der Waals surface area contributed by atoms with Crippen LogP contribution in [0.25, 0.3) is 0 Å². The number of rotatable bonds is 5. The topological polar surface area (TPSA) is 30.5 Å². The van der Waals surface area contributed by atoms with E-state index >= 15 is 0 Å². The molecule has 1 N–H and O–H groups in total. The smallest absolute Gasteiger partial charge is 0.122 e. The van der Waals surface area contributed by atoms with Crippen molar-refractivity contribution in [2.24, 2.45) is 0 Å². The lowest BCUT2D eigenvalue weighted by Crippen LogP contribution is -2.36. The first-order valence-electron chi connectivity index (χ1n) is 7.45. The van der Waals surface area contributed by atoms with Gasteiger partial charge in [0, 0.05) is 25.6 Å². The van der Waals surface area contributed by atoms with E-state index in [0.29, 0.717) is 6.04 Å². The van der Waals surface area contributed by atoms with Gasteiger partial charge in [-0.1, -0.05) is 6.07 Å². The van der Waals surface area contributed by atoms with Gasteiger partial charge < -0.3 is 14.8 Å². The van der Waals surface area contributed by atoms with Crippen LogP contribution in [0.5, 0.6) is 5.75 Å². The van der Waals surface area contributed by atoms with E-state index in [1.807, 2.05) is 6.92 Å². The van der Waals surface area contributed by atoms with E-state index < -0.39 is 0 Å². The molecule has 3 nitrogen and oxygen atoms in total. The van der Waals surface area contributed by atoms with Crippen LogP contribution < -0.4 is 10.1 Å². The van der Waals surface area contributed by atoms with E-state index in [1.165, 1.54) is 29.5 Å². The molecule has 0 saturated heterocycles. The second-order valence-electron chi connectivity index (χ2n) is 5.42. The van der Waals surface area contributed by atoms with Crippen molar-refractivity contribution in [3.63, 3.8) is 0 Å². The summed E-state index contributed by atoms with van der Waals surface area (Å²) in [5.74, 6) is 1.12. The van der Waals surface area contributed by atoms with Crippen molar-refractivity contribution in [2.45, 2.75) is 38.6 Å². The lowest BCUT2D eigenvalue weighted by Gasteiger charge is -2.26. The van der Waals surface area contributed by atoms with Crippen molar-refractivity contribution in [1.82, 2.24) is 5.32 Å². The molecular weight excluding hydrogens is 238 g/mol. The molecule has 1 unspecified atom stereocenters. The molecule has 1 atom stereocenters. The SMILES string of the molecule is CCOCCNC1CCc2cc3c(cc2C1)OCC3. The summed E-state index contributed by atoms with van der Waals surface area (Å²) >= 11 is 0. The molecule has 19 heavy (non-hydrogen) atoms. The van der Waals surface area contributed by atoms with Crippen molar-refractivity contribution in [3.8, 4) is 5.75 Å². The predicted octanol–water partition coefficient (Wildman–Crippen LogP) is 2.10. The summed E-state index contributed by atoms with van der Waals surface area (Å²) in [5.41, 5.74) is 4.41. The minimum atomic E-state index is 0.590. The second-order valence-corrected chi connectivity index (χ2v) is 5.42. The Morgan fingerprint density at radius 3 is 3.11 bits per heavy atom. The number of hydrogen-bond acceptors (Lipinski definition) is 3. The molecule has 0 bridgehead atoms. The maximum Gasteiger partial charge on any atom is 0.122 e. The van der Waals surface area contributed by atoms with Crippen LogP contribution in [-0.4, -0.2) is 32.4 Å². The number of hydrogen-bond donors (Lipinski definition) is 1. The highest BCUT2D eigenvalue weighted by molar-refractivity contribution is 5.46. The molecule has 0 amide bonds. The van der Waals surface area contributed by atoms with Crippen LogP contribution in [-0.2, 0) is 24.0 Å². The van der Waals surface area contributed by atoms with Gasteiger partial charge in [0.2, 0.25) is 0 Å². The largest absolute Gasteiger partial charge is 0.493 e.